The molecule has 1 aliphatic rings. The lowest BCUT2D eigenvalue weighted by molar-refractivity contribution is -0.943. The van der Waals surface area contributed by atoms with Crippen molar-refractivity contribution in [2.24, 2.45) is 0 Å². The number of hydrogen-bond donors (Lipinski definition) is 2. The number of nitrogens with zero attached hydrogens (tertiary/aromatic N) is 1. The summed E-state index contributed by atoms with van der Waals surface area (Å²) in [6.45, 7) is 4.39. The minimum atomic E-state index is -0.234. The largest absolute Gasteiger partial charge is 0.387 e. The molecule has 2 N–H and O–H groups in total. The van der Waals surface area contributed by atoms with Crippen molar-refractivity contribution in [2.75, 3.05) is 6.54 Å². The van der Waals surface area contributed by atoms with Crippen molar-refractivity contribution in [1.29, 1.82) is 0 Å². The molecule has 4 heteroatoms. The van der Waals surface area contributed by atoms with E-state index < -0.39 is 0 Å². The molecule has 27 heavy (non-hydrogen) atoms. The van der Waals surface area contributed by atoms with Crippen LogP contribution in [0, 0.1) is 5.82 Å². The van der Waals surface area contributed by atoms with Crippen molar-refractivity contribution >= 4 is 0 Å². The van der Waals surface area contributed by atoms with E-state index in [4.69, 9.17) is 0 Å². The van der Waals surface area contributed by atoms with Gasteiger partial charge in [0.15, 0.2) is 0 Å². The van der Waals surface area contributed by atoms with Crippen LogP contribution in [0.2, 0.25) is 0 Å². The molecule has 1 fully saturated rings. The Labute approximate surface area is 162 Å². The number of hydrogen-bond acceptors (Lipinski definition) is 1. The van der Waals surface area contributed by atoms with E-state index in [2.05, 4.69) is 23.6 Å². The van der Waals surface area contributed by atoms with Crippen LogP contribution in [0.5, 0.6) is 0 Å². The van der Waals surface area contributed by atoms with Crippen LogP contribution in [-0.2, 0) is 13.1 Å². The summed E-state index contributed by atoms with van der Waals surface area (Å²) in [5, 5.41) is 10.4. The Morgan fingerprint density at radius 1 is 1.15 bits per heavy atom. The van der Waals surface area contributed by atoms with Gasteiger partial charge in [-0.3, -0.25) is 0 Å². The number of rotatable bonds is 9. The molecule has 1 aromatic carbocycles. The van der Waals surface area contributed by atoms with Gasteiger partial charge in [0.1, 0.15) is 25.0 Å². The Kier molecular flexibility index (Phi) is 7.48. The van der Waals surface area contributed by atoms with Gasteiger partial charge in [0.2, 0.25) is 0 Å². The number of aliphatic hydroxyl groups excluding tert-OH is 1. The zero-order chi connectivity index (χ0) is 19.1. The van der Waals surface area contributed by atoms with Crippen LogP contribution >= 0.6 is 0 Å². The monoisotopic (exact) mass is 373 g/mol. The number of aromatic nitrogens is 1. The molecule has 1 aliphatic carbocycles. The molecule has 1 unspecified atom stereocenters. The number of aliphatic hydroxyl groups is 1. The molecule has 1 heterocycles. The smallest absolute Gasteiger partial charge is 0.128 e. The highest BCUT2D eigenvalue weighted by atomic mass is 19.1. The second-order valence-corrected chi connectivity index (χ2v) is 8.04. The summed E-state index contributed by atoms with van der Waals surface area (Å²) >= 11 is 0. The predicted molar refractivity (Wildman–Crippen MR) is 107 cm³/mol. The molecule has 1 saturated carbocycles. The van der Waals surface area contributed by atoms with Gasteiger partial charge in [-0.25, -0.2) is 4.39 Å². The number of nitrogens with one attached hydrogen (secondary N) is 1. The van der Waals surface area contributed by atoms with E-state index in [1.54, 1.807) is 6.07 Å². The number of quaternary nitrogens is 1. The Morgan fingerprint density at radius 2 is 1.93 bits per heavy atom. The molecule has 3 rings (SSSR count). The zero-order valence-electron chi connectivity index (χ0n) is 16.5. The third kappa shape index (κ3) is 5.66. The van der Waals surface area contributed by atoms with Gasteiger partial charge < -0.3 is 14.6 Å². The van der Waals surface area contributed by atoms with Crippen LogP contribution < -0.4 is 4.90 Å². The maximum absolute atomic E-state index is 14.1. The summed E-state index contributed by atoms with van der Waals surface area (Å²) in [4.78, 5) is 1.49. The van der Waals surface area contributed by atoms with Crippen molar-refractivity contribution in [3.05, 3.63) is 59.7 Å². The maximum atomic E-state index is 14.1. The van der Waals surface area contributed by atoms with Gasteiger partial charge in [-0.1, -0.05) is 38.0 Å². The maximum Gasteiger partial charge on any atom is 0.128 e. The van der Waals surface area contributed by atoms with E-state index in [1.807, 2.05) is 18.3 Å². The molecule has 0 aliphatic heterocycles. The van der Waals surface area contributed by atoms with Gasteiger partial charge in [0.05, 0.1) is 18.3 Å². The highest BCUT2D eigenvalue weighted by molar-refractivity contribution is 5.19. The molecule has 0 bridgehead atoms. The Bertz CT molecular complexity index is 693. The van der Waals surface area contributed by atoms with Crippen LogP contribution in [0.3, 0.4) is 0 Å². The second kappa shape index (κ2) is 10.0. The third-order valence-electron chi connectivity index (χ3n) is 5.93. The minimum Gasteiger partial charge on any atom is -0.387 e. The van der Waals surface area contributed by atoms with Crippen molar-refractivity contribution in [3.8, 4) is 0 Å². The minimum absolute atomic E-state index is 0.146. The Morgan fingerprint density at radius 3 is 2.67 bits per heavy atom. The lowest BCUT2D eigenvalue weighted by atomic mass is 9.93. The highest BCUT2D eigenvalue weighted by Gasteiger charge is 2.27. The molecule has 0 spiro atoms. The first-order valence-corrected chi connectivity index (χ1v) is 10.6. The Balaban J connectivity index is 1.73. The fourth-order valence-corrected chi connectivity index (χ4v) is 4.44. The van der Waals surface area contributed by atoms with E-state index in [0.717, 1.165) is 31.5 Å². The molecule has 148 valence electrons. The second-order valence-electron chi connectivity index (χ2n) is 8.04. The van der Waals surface area contributed by atoms with Crippen LogP contribution in [0.1, 0.15) is 63.1 Å². The molecule has 2 aromatic rings. The molecule has 2 atom stereocenters. The van der Waals surface area contributed by atoms with E-state index in [-0.39, 0.29) is 11.9 Å². The quantitative estimate of drug-likeness (QED) is 0.692. The summed E-state index contributed by atoms with van der Waals surface area (Å²) in [7, 11) is 0. The van der Waals surface area contributed by atoms with Crippen LogP contribution in [-0.4, -0.2) is 28.4 Å². The summed E-state index contributed by atoms with van der Waals surface area (Å²) in [5.74, 6) is -0.146. The van der Waals surface area contributed by atoms with Gasteiger partial charge >= 0.3 is 0 Å². The summed E-state index contributed by atoms with van der Waals surface area (Å²) < 4.78 is 16.2. The summed E-state index contributed by atoms with van der Waals surface area (Å²) in [6.07, 6.45) is 10.1. The normalized spacial score (nSPS) is 17.7. The van der Waals surface area contributed by atoms with Crippen molar-refractivity contribution in [1.82, 2.24) is 4.57 Å². The highest BCUT2D eigenvalue weighted by Crippen LogP contribution is 2.17. The van der Waals surface area contributed by atoms with Crippen LogP contribution in [0.25, 0.3) is 0 Å². The molecule has 1 aromatic heterocycles. The fraction of sp³-hybridized carbons (Fsp3) is 0.565. The lowest BCUT2D eigenvalue weighted by Crippen LogP contribution is -3.15. The average molecular weight is 374 g/mol. The average Bonchev–Trinajstić information content (AvgIpc) is 3.11. The molecule has 0 radical (unpaired) electrons. The van der Waals surface area contributed by atoms with Gasteiger partial charge in [-0.2, -0.15) is 0 Å². The van der Waals surface area contributed by atoms with Crippen molar-refractivity contribution in [3.63, 3.8) is 0 Å². The van der Waals surface area contributed by atoms with E-state index in [9.17, 15) is 9.50 Å². The first kappa shape index (κ1) is 20.1. The van der Waals surface area contributed by atoms with E-state index in [1.165, 1.54) is 48.8 Å². The third-order valence-corrected chi connectivity index (χ3v) is 5.93. The number of benzene rings is 1. The SMILES string of the molecule is CCC[C@@H](O)C[NH+](Cc1cccn1Cc1ccccc1F)C1CCCCC1. The van der Waals surface area contributed by atoms with Gasteiger partial charge in [0, 0.05) is 11.8 Å². The molecule has 0 saturated heterocycles. The topological polar surface area (TPSA) is 29.6 Å². The molecule has 0 amide bonds. The first-order chi connectivity index (χ1) is 13.2. The Hall–Kier alpha value is -1.65. The van der Waals surface area contributed by atoms with E-state index in [0.29, 0.717) is 12.6 Å². The van der Waals surface area contributed by atoms with Gasteiger partial charge in [0.25, 0.3) is 0 Å². The molecular formula is C23H34FN2O+. The standard InChI is InChI=1S/C23H33FN2O/c1-2-9-22(27)18-26(20-11-4-3-5-12-20)17-21-13-8-15-25(21)16-19-10-6-7-14-23(19)24/h6-8,10,13-15,20,22,27H,2-5,9,11-12,16-18H2,1H3/p+1/t22-/m1/s1. The lowest BCUT2D eigenvalue weighted by Gasteiger charge is -2.33. The zero-order valence-corrected chi connectivity index (χ0v) is 16.5. The van der Waals surface area contributed by atoms with Gasteiger partial charge in [-0.15, -0.1) is 0 Å². The summed E-state index contributed by atoms with van der Waals surface area (Å²) in [6, 6.07) is 11.8. The van der Waals surface area contributed by atoms with Crippen molar-refractivity contribution < 1.29 is 14.4 Å². The molecular weight excluding hydrogens is 339 g/mol. The fourth-order valence-electron chi connectivity index (χ4n) is 4.44. The van der Waals surface area contributed by atoms with Crippen LogP contribution in [0.4, 0.5) is 4.39 Å². The predicted octanol–water partition coefficient (Wildman–Crippen LogP) is 3.55. The summed E-state index contributed by atoms with van der Waals surface area (Å²) in [5.41, 5.74) is 1.95. The molecule has 3 nitrogen and oxygen atoms in total. The van der Waals surface area contributed by atoms with Crippen molar-refractivity contribution in [2.45, 2.75) is 77.1 Å². The van der Waals surface area contributed by atoms with Crippen LogP contribution in [0.15, 0.2) is 42.6 Å². The number of halogens is 1. The first-order valence-electron chi connectivity index (χ1n) is 10.6. The van der Waals surface area contributed by atoms with E-state index >= 15 is 0 Å². The van der Waals surface area contributed by atoms with Gasteiger partial charge in [-0.05, 0) is 50.3 Å².